The SMILES string of the molecule is Cc1ccc(Cl)cc1NC(=O)C1C(c2cccc(Br)c2F)[C@@H]2c3nc4cc([PH](C)=O)ccc4n3C[C@@H]2N1CC1CC1. The number of hydrogen-bond acceptors (Lipinski definition) is 4. The Balaban J connectivity index is 1.38. The number of nitrogens with one attached hydrogen (secondary N) is 1. The fraction of sp³-hybridized carbons (Fsp3) is 0.355. The summed E-state index contributed by atoms with van der Waals surface area (Å²) in [5.74, 6) is 0.227. The zero-order chi connectivity index (χ0) is 28.6. The lowest BCUT2D eigenvalue weighted by Gasteiger charge is -2.31. The number of imidazole rings is 1. The predicted molar refractivity (Wildman–Crippen MR) is 166 cm³/mol. The number of aromatic nitrogens is 2. The highest BCUT2D eigenvalue weighted by Crippen LogP contribution is 2.54. The number of anilines is 1. The topological polar surface area (TPSA) is 67.2 Å². The highest BCUT2D eigenvalue weighted by molar-refractivity contribution is 9.10. The van der Waals surface area contributed by atoms with Crippen molar-refractivity contribution in [3.8, 4) is 0 Å². The molecule has 5 atom stereocenters. The van der Waals surface area contributed by atoms with Gasteiger partial charge in [0, 0.05) is 47.0 Å². The van der Waals surface area contributed by atoms with Gasteiger partial charge in [-0.2, -0.15) is 0 Å². The van der Waals surface area contributed by atoms with Crippen molar-refractivity contribution >= 4 is 63.3 Å². The van der Waals surface area contributed by atoms with Crippen LogP contribution in [0.2, 0.25) is 5.02 Å². The van der Waals surface area contributed by atoms with Crippen molar-refractivity contribution in [1.29, 1.82) is 0 Å². The fourth-order valence-electron chi connectivity index (χ4n) is 6.84. The first-order valence-electron chi connectivity index (χ1n) is 14.0. The van der Waals surface area contributed by atoms with E-state index in [0.29, 0.717) is 33.2 Å². The molecule has 41 heavy (non-hydrogen) atoms. The Kier molecular flexibility index (Phi) is 6.89. The average Bonchev–Trinajstić information content (AvgIpc) is 3.48. The van der Waals surface area contributed by atoms with Crippen LogP contribution in [0.5, 0.6) is 0 Å². The van der Waals surface area contributed by atoms with Crippen LogP contribution in [-0.4, -0.2) is 45.7 Å². The third-order valence-corrected chi connectivity index (χ3v) is 11.0. The number of rotatable bonds is 6. The van der Waals surface area contributed by atoms with Gasteiger partial charge in [-0.1, -0.05) is 29.8 Å². The Bertz CT molecular complexity index is 1740. The standard InChI is InChI=1S/C31H30BrClFN4O2P/c1-16-6-9-18(33)12-22(16)36-31(39)29-26(20-4-3-5-21(32)28(20)34)27-25(37(29)14-17-7-8-17)15-38-24-11-10-19(41(2)40)13-23(24)35-30(27)38/h3-6,9-13,17,25-27,29,41H,7-8,14-15H2,1-2H3,(H,36,39)/t25-,26?,27+,29?/m0/s1. The minimum atomic E-state index is -1.87. The lowest BCUT2D eigenvalue weighted by atomic mass is 9.81. The predicted octanol–water partition coefficient (Wildman–Crippen LogP) is 6.70. The first-order valence-corrected chi connectivity index (χ1v) is 17.1. The van der Waals surface area contributed by atoms with Gasteiger partial charge in [0.15, 0.2) is 0 Å². The van der Waals surface area contributed by atoms with Gasteiger partial charge in [0.1, 0.15) is 19.4 Å². The van der Waals surface area contributed by atoms with Gasteiger partial charge >= 0.3 is 0 Å². The molecule has 1 saturated carbocycles. The number of carbonyl (C=O) groups excluding carboxylic acids is 1. The zero-order valence-corrected chi connectivity index (χ0v) is 26.0. The quantitative estimate of drug-likeness (QED) is 0.235. The smallest absolute Gasteiger partial charge is 0.242 e. The highest BCUT2D eigenvalue weighted by atomic mass is 79.9. The fourth-order valence-corrected chi connectivity index (χ4v) is 8.06. The van der Waals surface area contributed by atoms with E-state index in [2.05, 4.69) is 30.7 Å². The highest BCUT2D eigenvalue weighted by Gasteiger charge is 2.58. The molecule has 1 amide bonds. The van der Waals surface area contributed by atoms with Crippen LogP contribution in [0.25, 0.3) is 11.0 Å². The minimum Gasteiger partial charge on any atom is -0.326 e. The molecule has 3 heterocycles. The van der Waals surface area contributed by atoms with Gasteiger partial charge in [0.2, 0.25) is 5.91 Å². The Hall–Kier alpha value is -2.51. The summed E-state index contributed by atoms with van der Waals surface area (Å²) in [4.78, 5) is 21.7. The number of likely N-dealkylation sites (tertiary alicyclic amines) is 1. The summed E-state index contributed by atoms with van der Waals surface area (Å²) in [6, 6.07) is 16.0. The second-order valence-corrected chi connectivity index (χ2v) is 14.6. The van der Waals surface area contributed by atoms with Crippen molar-refractivity contribution in [3.05, 3.63) is 86.9 Å². The molecule has 1 saturated heterocycles. The summed E-state index contributed by atoms with van der Waals surface area (Å²) >= 11 is 9.68. The molecule has 7 rings (SSSR count). The van der Waals surface area contributed by atoms with Crippen LogP contribution in [0, 0.1) is 18.7 Å². The summed E-state index contributed by atoms with van der Waals surface area (Å²) in [6.45, 7) is 5.11. The van der Waals surface area contributed by atoms with Crippen LogP contribution in [0.4, 0.5) is 10.1 Å². The van der Waals surface area contributed by atoms with Crippen LogP contribution in [-0.2, 0) is 15.9 Å². The van der Waals surface area contributed by atoms with Crippen molar-refractivity contribution in [2.24, 2.45) is 5.92 Å². The molecular formula is C31H30BrClFN4O2P. The van der Waals surface area contributed by atoms with Gasteiger partial charge in [-0.3, -0.25) is 9.69 Å². The molecule has 1 aliphatic carbocycles. The van der Waals surface area contributed by atoms with Gasteiger partial charge in [0.25, 0.3) is 0 Å². The number of benzene rings is 3. The minimum absolute atomic E-state index is 0.00734. The maximum absolute atomic E-state index is 15.9. The number of halogens is 3. The summed E-state index contributed by atoms with van der Waals surface area (Å²) in [7, 11) is -1.87. The molecule has 1 aromatic heterocycles. The summed E-state index contributed by atoms with van der Waals surface area (Å²) in [5.41, 5.74) is 3.86. The van der Waals surface area contributed by atoms with E-state index in [1.54, 1.807) is 30.9 Å². The molecule has 0 radical (unpaired) electrons. The molecule has 0 spiro atoms. The Morgan fingerprint density at radius 1 is 1.17 bits per heavy atom. The van der Waals surface area contributed by atoms with Gasteiger partial charge in [-0.05, 0) is 95.8 Å². The second kappa shape index (κ2) is 10.3. The molecule has 2 aliphatic heterocycles. The van der Waals surface area contributed by atoms with Crippen LogP contribution < -0.4 is 10.6 Å². The Morgan fingerprint density at radius 3 is 2.73 bits per heavy atom. The van der Waals surface area contributed by atoms with E-state index in [1.807, 2.05) is 37.3 Å². The molecule has 3 aromatic carbocycles. The largest absolute Gasteiger partial charge is 0.326 e. The number of amides is 1. The van der Waals surface area contributed by atoms with Crippen molar-refractivity contribution in [2.75, 3.05) is 18.5 Å². The average molecular weight is 656 g/mol. The first-order chi connectivity index (χ1) is 19.7. The lowest BCUT2D eigenvalue weighted by molar-refractivity contribution is -0.121. The summed E-state index contributed by atoms with van der Waals surface area (Å²) < 4.78 is 30.8. The third kappa shape index (κ3) is 4.68. The van der Waals surface area contributed by atoms with Gasteiger partial charge in [-0.25, -0.2) is 9.37 Å². The zero-order valence-electron chi connectivity index (χ0n) is 22.7. The van der Waals surface area contributed by atoms with E-state index in [9.17, 15) is 9.36 Å². The molecule has 3 unspecified atom stereocenters. The first kappa shape index (κ1) is 27.3. The number of aryl methyl sites for hydroxylation is 1. The van der Waals surface area contributed by atoms with E-state index in [4.69, 9.17) is 16.6 Å². The second-order valence-electron chi connectivity index (χ2n) is 11.6. The van der Waals surface area contributed by atoms with E-state index in [0.717, 1.165) is 47.1 Å². The Morgan fingerprint density at radius 2 is 1.98 bits per heavy atom. The van der Waals surface area contributed by atoms with Crippen molar-refractivity contribution < 1.29 is 13.8 Å². The number of nitrogens with zero attached hydrogens (tertiary/aromatic N) is 3. The number of hydrogen-bond donors (Lipinski definition) is 1. The maximum atomic E-state index is 15.9. The molecule has 1 N–H and O–H groups in total. The number of carbonyl (C=O) groups is 1. The molecule has 2 fully saturated rings. The monoisotopic (exact) mass is 654 g/mol. The normalized spacial score (nSPS) is 24.4. The van der Waals surface area contributed by atoms with Crippen molar-refractivity contribution in [1.82, 2.24) is 14.5 Å². The van der Waals surface area contributed by atoms with Gasteiger partial charge in [0.05, 0.1) is 21.5 Å². The van der Waals surface area contributed by atoms with Crippen LogP contribution >= 0.6 is 35.3 Å². The van der Waals surface area contributed by atoms with Crippen molar-refractivity contribution in [2.45, 2.75) is 50.2 Å². The molecule has 0 bridgehead atoms. The summed E-state index contributed by atoms with van der Waals surface area (Å²) in [6.07, 6.45) is 2.27. The van der Waals surface area contributed by atoms with E-state index < -0.39 is 19.8 Å². The van der Waals surface area contributed by atoms with Crippen LogP contribution in [0.3, 0.4) is 0 Å². The van der Waals surface area contributed by atoms with E-state index in [1.165, 1.54) is 0 Å². The van der Waals surface area contributed by atoms with E-state index in [-0.39, 0.29) is 23.7 Å². The molecule has 3 aliphatic rings. The molecule has 212 valence electrons. The molecule has 10 heteroatoms. The summed E-state index contributed by atoms with van der Waals surface area (Å²) in [5, 5.41) is 4.49. The molecule has 6 nitrogen and oxygen atoms in total. The van der Waals surface area contributed by atoms with Crippen molar-refractivity contribution in [3.63, 3.8) is 0 Å². The maximum Gasteiger partial charge on any atom is 0.242 e. The van der Waals surface area contributed by atoms with E-state index >= 15 is 4.39 Å². The molecular weight excluding hydrogens is 626 g/mol. The lowest BCUT2D eigenvalue weighted by Crippen LogP contribution is -2.47. The third-order valence-electron chi connectivity index (χ3n) is 9.01. The van der Waals surface area contributed by atoms with Gasteiger partial charge < -0.3 is 14.4 Å². The Labute approximate surface area is 252 Å². The van der Waals surface area contributed by atoms with Crippen LogP contribution in [0.15, 0.2) is 59.1 Å². The van der Waals surface area contributed by atoms with Crippen LogP contribution in [0.1, 0.15) is 41.6 Å². The van der Waals surface area contributed by atoms with Gasteiger partial charge in [-0.15, -0.1) is 0 Å². The molecule has 4 aromatic rings. The number of fused-ring (bicyclic) bond motifs is 5.